The molecule has 2 heterocycles. The van der Waals surface area contributed by atoms with Crippen LogP contribution in [0.25, 0.3) is 21.8 Å². The summed E-state index contributed by atoms with van der Waals surface area (Å²) in [5.74, 6) is 0.417. The van der Waals surface area contributed by atoms with Crippen LogP contribution in [0.4, 0.5) is 0 Å². The number of hydrogen-bond donors (Lipinski definition) is 0. The Balaban J connectivity index is 1.67. The molecule has 4 aromatic rings. The van der Waals surface area contributed by atoms with Gasteiger partial charge in [-0.15, -0.1) is 0 Å². The molecular formula is C18H10Cl2N2O4. The number of rotatable bonds is 3. The minimum absolute atomic E-state index is 0.209. The second-order valence-electron chi connectivity index (χ2n) is 5.61. The van der Waals surface area contributed by atoms with E-state index in [1.165, 1.54) is 0 Å². The van der Waals surface area contributed by atoms with Crippen molar-refractivity contribution in [3.05, 3.63) is 79.1 Å². The highest BCUT2D eigenvalue weighted by Gasteiger charge is 2.11. The van der Waals surface area contributed by atoms with Crippen LogP contribution in [0.3, 0.4) is 0 Å². The van der Waals surface area contributed by atoms with Crippen molar-refractivity contribution in [3.8, 4) is 0 Å². The number of aromatic nitrogens is 2. The summed E-state index contributed by atoms with van der Waals surface area (Å²) in [5.41, 5.74) is -0.102. The Bertz CT molecular complexity index is 1160. The smallest absolute Gasteiger partial charge is 0.346 e. The van der Waals surface area contributed by atoms with Crippen molar-refractivity contribution in [2.24, 2.45) is 0 Å². The van der Waals surface area contributed by atoms with Crippen molar-refractivity contribution in [1.82, 2.24) is 9.97 Å². The van der Waals surface area contributed by atoms with Gasteiger partial charge in [0.2, 0.25) is 0 Å². The van der Waals surface area contributed by atoms with E-state index in [4.69, 9.17) is 32.0 Å². The lowest BCUT2D eigenvalue weighted by atomic mass is 10.2. The summed E-state index contributed by atoms with van der Waals surface area (Å²) >= 11 is 11.9. The molecule has 0 unspecified atom stereocenters. The van der Waals surface area contributed by atoms with E-state index < -0.39 is 11.3 Å². The van der Waals surface area contributed by atoms with Gasteiger partial charge in [0.05, 0.1) is 21.8 Å². The molecule has 6 nitrogen and oxygen atoms in total. The largest absolute Gasteiger partial charge is 0.408 e. The van der Waals surface area contributed by atoms with Crippen molar-refractivity contribution in [2.45, 2.75) is 12.8 Å². The molecule has 0 N–H and O–H groups in total. The van der Waals surface area contributed by atoms with Crippen LogP contribution in [0.1, 0.15) is 11.8 Å². The van der Waals surface area contributed by atoms with E-state index in [1.807, 2.05) is 0 Å². The minimum Gasteiger partial charge on any atom is -0.408 e. The number of halogens is 2. The Hall–Kier alpha value is -2.70. The first kappa shape index (κ1) is 16.8. The fourth-order valence-corrected chi connectivity index (χ4v) is 2.94. The molecular weight excluding hydrogens is 379 g/mol. The van der Waals surface area contributed by atoms with E-state index in [0.29, 0.717) is 31.9 Å². The molecule has 0 spiro atoms. The van der Waals surface area contributed by atoms with Gasteiger partial charge in [-0.25, -0.2) is 19.6 Å². The summed E-state index contributed by atoms with van der Waals surface area (Å²) in [6, 6.07) is 9.51. The first-order chi connectivity index (χ1) is 12.5. The topological polar surface area (TPSA) is 86.2 Å². The molecule has 0 saturated heterocycles. The molecule has 0 atom stereocenters. The Morgan fingerprint density at radius 1 is 0.731 bits per heavy atom. The van der Waals surface area contributed by atoms with Gasteiger partial charge in [-0.05, 0) is 36.4 Å². The summed E-state index contributed by atoms with van der Waals surface area (Å²) in [6.07, 6.45) is 0.472. The normalized spacial score (nSPS) is 11.3. The van der Waals surface area contributed by atoms with Crippen molar-refractivity contribution in [3.63, 3.8) is 0 Å². The molecule has 26 heavy (non-hydrogen) atoms. The molecule has 130 valence electrons. The summed E-state index contributed by atoms with van der Waals surface area (Å²) < 4.78 is 10.4. The van der Waals surface area contributed by atoms with Crippen molar-refractivity contribution in [1.29, 1.82) is 0 Å². The highest BCUT2D eigenvalue weighted by atomic mass is 35.5. The molecule has 0 aliphatic carbocycles. The molecule has 8 heteroatoms. The number of hydrogen-bond acceptors (Lipinski definition) is 6. The third-order valence-electron chi connectivity index (χ3n) is 3.82. The quantitative estimate of drug-likeness (QED) is 0.530. The Labute approximate surface area is 156 Å². The zero-order chi connectivity index (χ0) is 18.3. The van der Waals surface area contributed by atoms with Crippen molar-refractivity contribution in [2.75, 3.05) is 0 Å². The maximum absolute atomic E-state index is 12.0. The van der Waals surface area contributed by atoms with Gasteiger partial charge in [0.15, 0.2) is 11.8 Å². The fraction of sp³-hybridized carbons (Fsp3) is 0.111. The summed E-state index contributed by atoms with van der Waals surface area (Å²) in [4.78, 5) is 32.7. The molecule has 0 aliphatic heterocycles. The van der Waals surface area contributed by atoms with Crippen molar-refractivity contribution < 1.29 is 8.83 Å². The number of nitrogens with zero attached hydrogens (tertiary/aromatic N) is 2. The van der Waals surface area contributed by atoms with E-state index >= 15 is 0 Å². The van der Waals surface area contributed by atoms with E-state index in [2.05, 4.69) is 9.97 Å². The molecule has 0 aliphatic rings. The maximum atomic E-state index is 12.0. The van der Waals surface area contributed by atoms with Gasteiger partial charge in [0.1, 0.15) is 0 Å². The highest BCUT2D eigenvalue weighted by Crippen LogP contribution is 2.17. The van der Waals surface area contributed by atoms with Gasteiger partial charge in [-0.1, -0.05) is 23.2 Å². The van der Waals surface area contributed by atoms with Crippen LogP contribution in [0.2, 0.25) is 10.0 Å². The van der Waals surface area contributed by atoms with Crippen molar-refractivity contribution >= 4 is 45.0 Å². The molecule has 4 rings (SSSR count). The zero-order valence-electron chi connectivity index (χ0n) is 13.2. The Morgan fingerprint density at radius 2 is 1.15 bits per heavy atom. The Morgan fingerprint density at radius 3 is 1.58 bits per heavy atom. The SMILES string of the molecule is O=c1oc(CCc2nc3cc(Cl)ccc3c(=O)o2)nc2cc(Cl)ccc12. The van der Waals surface area contributed by atoms with Crippen LogP contribution in [0.15, 0.2) is 54.8 Å². The molecule has 0 saturated carbocycles. The van der Waals surface area contributed by atoms with Crippen LogP contribution >= 0.6 is 23.2 Å². The van der Waals surface area contributed by atoms with E-state index in [0.717, 1.165) is 0 Å². The zero-order valence-corrected chi connectivity index (χ0v) is 14.7. The monoisotopic (exact) mass is 388 g/mol. The first-order valence-corrected chi connectivity index (χ1v) is 8.44. The maximum Gasteiger partial charge on any atom is 0.346 e. The minimum atomic E-state index is -0.499. The van der Waals surface area contributed by atoms with E-state index in [1.54, 1.807) is 36.4 Å². The van der Waals surface area contributed by atoms with E-state index in [-0.39, 0.29) is 24.6 Å². The average Bonchev–Trinajstić information content (AvgIpc) is 2.59. The molecule has 2 aromatic carbocycles. The van der Waals surface area contributed by atoms with Gasteiger partial charge in [0, 0.05) is 22.9 Å². The van der Waals surface area contributed by atoms with Crippen LogP contribution in [0.5, 0.6) is 0 Å². The number of aryl methyl sites for hydroxylation is 2. The summed E-state index contributed by atoms with van der Waals surface area (Å²) in [7, 11) is 0. The third-order valence-corrected chi connectivity index (χ3v) is 4.29. The van der Waals surface area contributed by atoms with Gasteiger partial charge in [-0.3, -0.25) is 0 Å². The lowest BCUT2D eigenvalue weighted by Gasteiger charge is -2.03. The summed E-state index contributed by atoms with van der Waals surface area (Å²) in [6.45, 7) is 0. The van der Waals surface area contributed by atoms with Crippen LogP contribution in [0, 0.1) is 0 Å². The van der Waals surface area contributed by atoms with Crippen LogP contribution < -0.4 is 11.3 Å². The highest BCUT2D eigenvalue weighted by molar-refractivity contribution is 6.31. The Kier molecular flexibility index (Phi) is 4.22. The lowest BCUT2D eigenvalue weighted by molar-refractivity contribution is 0.410. The third kappa shape index (κ3) is 3.21. The predicted octanol–water partition coefficient (Wildman–Crippen LogP) is 3.78. The number of benzene rings is 2. The molecule has 0 amide bonds. The first-order valence-electron chi connectivity index (χ1n) is 7.68. The fourth-order valence-electron chi connectivity index (χ4n) is 2.61. The van der Waals surface area contributed by atoms with Gasteiger partial charge in [0.25, 0.3) is 0 Å². The standard InChI is InChI=1S/C18H10Cl2N2O4/c19-9-1-3-11-13(7-9)21-15(25-17(11)23)5-6-16-22-14-8-10(20)2-4-12(14)18(24)26-16/h1-4,7-8H,5-6H2. The lowest BCUT2D eigenvalue weighted by Crippen LogP contribution is -2.09. The second kappa shape index (κ2) is 6.55. The van der Waals surface area contributed by atoms with Crippen LogP contribution in [-0.4, -0.2) is 9.97 Å². The molecule has 2 aromatic heterocycles. The number of fused-ring (bicyclic) bond motifs is 2. The van der Waals surface area contributed by atoms with E-state index in [9.17, 15) is 9.59 Å². The molecule has 0 fully saturated rings. The second-order valence-corrected chi connectivity index (χ2v) is 6.49. The molecule has 0 bridgehead atoms. The summed E-state index contributed by atoms with van der Waals surface area (Å²) in [5, 5.41) is 1.65. The van der Waals surface area contributed by atoms with Crippen LogP contribution in [-0.2, 0) is 12.8 Å². The van der Waals surface area contributed by atoms with Gasteiger partial charge >= 0.3 is 11.3 Å². The van der Waals surface area contributed by atoms with Gasteiger partial charge < -0.3 is 8.83 Å². The van der Waals surface area contributed by atoms with Gasteiger partial charge in [-0.2, -0.15) is 0 Å². The molecule has 0 radical (unpaired) electrons. The average molecular weight is 389 g/mol. The predicted molar refractivity (Wildman–Crippen MR) is 98.0 cm³/mol.